The van der Waals surface area contributed by atoms with E-state index in [1.807, 2.05) is 45.0 Å². The van der Waals surface area contributed by atoms with Crippen molar-refractivity contribution in [3.05, 3.63) is 64.2 Å². The van der Waals surface area contributed by atoms with Gasteiger partial charge in [-0.3, -0.25) is 13.9 Å². The first-order chi connectivity index (χ1) is 16.0. The van der Waals surface area contributed by atoms with E-state index in [4.69, 9.17) is 11.6 Å². The number of likely N-dealkylation sites (N-methyl/N-ethyl adjacent to an activating group) is 1. The number of nitrogens with one attached hydrogen (secondary N) is 1. The smallest absolute Gasteiger partial charge is 0.242 e. The van der Waals surface area contributed by atoms with Crippen LogP contribution in [0.25, 0.3) is 0 Å². The van der Waals surface area contributed by atoms with Crippen LogP contribution in [0.2, 0.25) is 5.02 Å². The molecule has 0 aliphatic heterocycles. The summed E-state index contributed by atoms with van der Waals surface area (Å²) in [6, 6.07) is 12.0. The van der Waals surface area contributed by atoms with Gasteiger partial charge in [-0.05, 0) is 67.6 Å². The Balaban J connectivity index is 2.19. The third-order valence-electron chi connectivity index (χ3n) is 5.83. The number of amides is 2. The van der Waals surface area contributed by atoms with Crippen molar-refractivity contribution < 1.29 is 18.0 Å². The summed E-state index contributed by atoms with van der Waals surface area (Å²) in [4.78, 5) is 27.3. The van der Waals surface area contributed by atoms with E-state index in [0.29, 0.717) is 23.6 Å². The maximum atomic E-state index is 13.3. The topological polar surface area (TPSA) is 86.8 Å². The van der Waals surface area contributed by atoms with Crippen LogP contribution < -0.4 is 9.62 Å². The fraction of sp³-hybridized carbons (Fsp3) is 0.440. The van der Waals surface area contributed by atoms with Crippen molar-refractivity contribution in [2.45, 2.75) is 52.6 Å². The quantitative estimate of drug-likeness (QED) is 0.497. The molecule has 9 heteroatoms. The molecule has 0 aliphatic carbocycles. The molecule has 2 rings (SSSR count). The first-order valence-corrected chi connectivity index (χ1v) is 13.5. The average Bonchev–Trinajstić information content (AvgIpc) is 2.78. The second kappa shape index (κ2) is 12.2. The first kappa shape index (κ1) is 27.7. The van der Waals surface area contributed by atoms with Crippen molar-refractivity contribution >= 4 is 39.1 Å². The van der Waals surface area contributed by atoms with Crippen LogP contribution >= 0.6 is 11.6 Å². The molecule has 0 unspecified atom stereocenters. The summed E-state index contributed by atoms with van der Waals surface area (Å²) >= 11 is 5.98. The molecule has 0 radical (unpaired) electrons. The van der Waals surface area contributed by atoms with E-state index in [2.05, 4.69) is 5.32 Å². The van der Waals surface area contributed by atoms with Crippen molar-refractivity contribution in [3.63, 3.8) is 0 Å². The molecular formula is C25H34ClN3O4S. The predicted molar refractivity (Wildman–Crippen MR) is 137 cm³/mol. The Bertz CT molecular complexity index is 1100. The molecule has 186 valence electrons. The van der Waals surface area contributed by atoms with E-state index < -0.39 is 16.1 Å². The number of benzene rings is 2. The number of sulfonamides is 1. The van der Waals surface area contributed by atoms with Crippen LogP contribution in [-0.4, -0.2) is 51.0 Å². The van der Waals surface area contributed by atoms with Gasteiger partial charge in [-0.15, -0.1) is 0 Å². The Morgan fingerprint density at radius 3 is 2.24 bits per heavy atom. The summed E-state index contributed by atoms with van der Waals surface area (Å²) in [5.41, 5.74) is 3.50. The van der Waals surface area contributed by atoms with Crippen LogP contribution in [0.15, 0.2) is 42.5 Å². The van der Waals surface area contributed by atoms with Crippen molar-refractivity contribution in [2.75, 3.05) is 24.2 Å². The Labute approximate surface area is 208 Å². The van der Waals surface area contributed by atoms with E-state index >= 15 is 0 Å². The average molecular weight is 508 g/mol. The molecule has 0 bridgehead atoms. The second-order valence-corrected chi connectivity index (χ2v) is 10.7. The normalized spacial score (nSPS) is 12.2. The minimum atomic E-state index is -3.52. The standard InChI is InChI=1S/C25H34ClN3O4S/c1-6-23(25(31)27-4)28(17-20-10-12-21(26)13-11-20)24(30)8-7-15-29(34(5,32)33)22-14-9-18(2)19(3)16-22/h9-14,16,23H,6-8,15,17H2,1-5H3,(H,27,31)/t23-/m1/s1. The highest BCUT2D eigenvalue weighted by molar-refractivity contribution is 7.92. The molecule has 2 aromatic rings. The van der Waals surface area contributed by atoms with Crippen molar-refractivity contribution in [2.24, 2.45) is 0 Å². The molecule has 0 saturated heterocycles. The van der Waals surface area contributed by atoms with Crippen LogP contribution in [0.1, 0.15) is 42.9 Å². The third-order valence-corrected chi connectivity index (χ3v) is 7.28. The van der Waals surface area contributed by atoms with Gasteiger partial charge in [-0.2, -0.15) is 0 Å². The van der Waals surface area contributed by atoms with E-state index in [0.717, 1.165) is 22.9 Å². The maximum Gasteiger partial charge on any atom is 0.242 e. The molecule has 0 aromatic heterocycles. The fourth-order valence-electron chi connectivity index (χ4n) is 3.76. The lowest BCUT2D eigenvalue weighted by molar-refractivity contribution is -0.141. The van der Waals surface area contributed by atoms with Crippen molar-refractivity contribution in [1.82, 2.24) is 10.2 Å². The number of hydrogen-bond acceptors (Lipinski definition) is 4. The first-order valence-electron chi connectivity index (χ1n) is 11.3. The Morgan fingerprint density at radius 1 is 1.06 bits per heavy atom. The SMILES string of the molecule is CC[C@H](C(=O)NC)N(Cc1ccc(Cl)cc1)C(=O)CCCN(c1ccc(C)c(C)c1)S(C)(=O)=O. The molecule has 0 heterocycles. The summed E-state index contributed by atoms with van der Waals surface area (Å²) in [6.45, 7) is 6.18. The lowest BCUT2D eigenvalue weighted by Crippen LogP contribution is -2.48. The molecule has 0 saturated carbocycles. The maximum absolute atomic E-state index is 13.3. The molecule has 7 nitrogen and oxygen atoms in total. The van der Waals surface area contributed by atoms with Crippen molar-refractivity contribution in [3.8, 4) is 0 Å². The van der Waals surface area contributed by atoms with Gasteiger partial charge < -0.3 is 10.2 Å². The van der Waals surface area contributed by atoms with Gasteiger partial charge in [0.05, 0.1) is 11.9 Å². The van der Waals surface area contributed by atoms with E-state index in [1.165, 1.54) is 4.31 Å². The van der Waals surface area contributed by atoms with Gasteiger partial charge in [0.2, 0.25) is 21.8 Å². The zero-order valence-corrected chi connectivity index (χ0v) is 22.0. The number of rotatable bonds is 11. The lowest BCUT2D eigenvalue weighted by atomic mass is 10.1. The lowest BCUT2D eigenvalue weighted by Gasteiger charge is -2.31. The predicted octanol–water partition coefficient (Wildman–Crippen LogP) is 4.06. The monoisotopic (exact) mass is 507 g/mol. The van der Waals surface area contributed by atoms with Gasteiger partial charge in [0, 0.05) is 31.6 Å². The molecule has 1 atom stereocenters. The van der Waals surface area contributed by atoms with Gasteiger partial charge in [0.25, 0.3) is 0 Å². The molecule has 0 spiro atoms. The number of anilines is 1. The van der Waals surface area contributed by atoms with E-state index in [1.54, 1.807) is 30.1 Å². The zero-order chi connectivity index (χ0) is 25.5. The highest BCUT2D eigenvalue weighted by atomic mass is 35.5. The number of aryl methyl sites for hydroxylation is 2. The van der Waals surface area contributed by atoms with Crippen LogP contribution in [0.5, 0.6) is 0 Å². The second-order valence-electron chi connectivity index (χ2n) is 8.39. The summed E-state index contributed by atoms with van der Waals surface area (Å²) in [5.74, 6) is -0.448. The van der Waals surface area contributed by atoms with Gasteiger partial charge >= 0.3 is 0 Å². The summed E-state index contributed by atoms with van der Waals surface area (Å²) in [7, 11) is -1.98. The van der Waals surface area contributed by atoms with Crippen LogP contribution in [0.4, 0.5) is 5.69 Å². The van der Waals surface area contributed by atoms with E-state index in [9.17, 15) is 18.0 Å². The Hall–Kier alpha value is -2.58. The molecule has 1 N–H and O–H groups in total. The number of carbonyl (C=O) groups excluding carboxylic acids is 2. The van der Waals surface area contributed by atoms with Gasteiger partial charge in [0.15, 0.2) is 0 Å². The molecule has 0 fully saturated rings. The van der Waals surface area contributed by atoms with Crippen LogP contribution in [-0.2, 0) is 26.2 Å². The number of nitrogens with zero attached hydrogens (tertiary/aromatic N) is 2. The number of hydrogen-bond donors (Lipinski definition) is 1. The van der Waals surface area contributed by atoms with Gasteiger partial charge in [-0.25, -0.2) is 8.42 Å². The fourth-order valence-corrected chi connectivity index (χ4v) is 4.84. The van der Waals surface area contributed by atoms with Crippen LogP contribution in [0.3, 0.4) is 0 Å². The largest absolute Gasteiger partial charge is 0.357 e. The molecular weight excluding hydrogens is 474 g/mol. The van der Waals surface area contributed by atoms with E-state index in [-0.39, 0.29) is 31.3 Å². The minimum absolute atomic E-state index is 0.109. The molecule has 34 heavy (non-hydrogen) atoms. The summed E-state index contributed by atoms with van der Waals surface area (Å²) in [6.07, 6.45) is 2.05. The Kier molecular flexibility index (Phi) is 9.94. The molecule has 0 aliphatic rings. The zero-order valence-electron chi connectivity index (χ0n) is 20.5. The van der Waals surface area contributed by atoms with Gasteiger partial charge in [-0.1, -0.05) is 36.7 Å². The van der Waals surface area contributed by atoms with Crippen LogP contribution in [0, 0.1) is 13.8 Å². The Morgan fingerprint density at radius 2 is 1.71 bits per heavy atom. The number of halogens is 1. The molecule has 2 amide bonds. The summed E-state index contributed by atoms with van der Waals surface area (Å²) < 4.78 is 26.2. The van der Waals surface area contributed by atoms with Crippen molar-refractivity contribution in [1.29, 1.82) is 0 Å². The number of carbonyl (C=O) groups is 2. The molecule has 2 aromatic carbocycles. The highest BCUT2D eigenvalue weighted by Gasteiger charge is 2.28. The minimum Gasteiger partial charge on any atom is -0.357 e. The van der Waals surface area contributed by atoms with Gasteiger partial charge in [0.1, 0.15) is 6.04 Å². The summed E-state index contributed by atoms with van der Waals surface area (Å²) in [5, 5.41) is 3.22. The highest BCUT2D eigenvalue weighted by Crippen LogP contribution is 2.22. The third kappa shape index (κ3) is 7.46.